The lowest BCUT2D eigenvalue weighted by Crippen LogP contribution is -2.07. The number of halogens is 7. The number of anilines is 1. The molecule has 0 saturated heterocycles. The molecule has 0 radical (unpaired) electrons. The van der Waals surface area contributed by atoms with Gasteiger partial charge in [0.1, 0.15) is 12.3 Å². The van der Waals surface area contributed by atoms with Gasteiger partial charge in [0.2, 0.25) is 5.82 Å². The number of benzene rings is 3. The highest BCUT2D eigenvalue weighted by molar-refractivity contribution is 6.35. The molecule has 0 aliphatic heterocycles. The molecule has 168 valence electrons. The molecular formula is C21H13Cl2F5N2O2. The van der Waals surface area contributed by atoms with Crippen molar-refractivity contribution in [3.05, 3.63) is 86.7 Å². The third-order valence-corrected chi connectivity index (χ3v) is 4.79. The zero-order valence-electron chi connectivity index (χ0n) is 16.2. The standard InChI is InChI=1S/C21H13Cl2F5N2O2/c1-31-14-4-2-3-10(21(14)32-9-11-5-6-12(22)7-13(11)23)8-29-30-20-18(27)16(25)15(24)17(26)19(20)28/h2-8,30H,9H2,1H3/b29-8-. The highest BCUT2D eigenvalue weighted by Crippen LogP contribution is 2.32. The predicted octanol–water partition coefficient (Wildman–Crippen LogP) is 6.72. The summed E-state index contributed by atoms with van der Waals surface area (Å²) in [7, 11) is 1.39. The molecule has 0 fully saturated rings. The number of ether oxygens (including phenoxy) is 2. The van der Waals surface area contributed by atoms with E-state index in [1.807, 2.05) is 5.43 Å². The van der Waals surface area contributed by atoms with E-state index in [-0.39, 0.29) is 17.9 Å². The Balaban J connectivity index is 1.87. The predicted molar refractivity (Wildman–Crippen MR) is 111 cm³/mol. The molecule has 32 heavy (non-hydrogen) atoms. The molecule has 1 N–H and O–H groups in total. The maximum absolute atomic E-state index is 13.8. The lowest BCUT2D eigenvalue weighted by Gasteiger charge is -2.14. The van der Waals surface area contributed by atoms with Crippen LogP contribution in [0.15, 0.2) is 41.5 Å². The summed E-state index contributed by atoms with van der Waals surface area (Å²) in [6, 6.07) is 9.54. The molecule has 0 aliphatic rings. The first-order chi connectivity index (χ1) is 15.2. The smallest absolute Gasteiger partial charge is 0.200 e. The van der Waals surface area contributed by atoms with Gasteiger partial charge in [-0.1, -0.05) is 35.3 Å². The molecule has 0 unspecified atom stereocenters. The first kappa shape index (κ1) is 23.6. The summed E-state index contributed by atoms with van der Waals surface area (Å²) < 4.78 is 78.4. The molecule has 4 nitrogen and oxygen atoms in total. The molecule has 0 aliphatic carbocycles. The molecule has 0 amide bonds. The maximum atomic E-state index is 13.8. The van der Waals surface area contributed by atoms with Crippen molar-refractivity contribution in [2.24, 2.45) is 5.10 Å². The number of hydrogen-bond acceptors (Lipinski definition) is 4. The largest absolute Gasteiger partial charge is 0.493 e. The normalized spacial score (nSPS) is 11.1. The van der Waals surface area contributed by atoms with Gasteiger partial charge in [-0.15, -0.1) is 0 Å². The fourth-order valence-electron chi connectivity index (χ4n) is 2.61. The maximum Gasteiger partial charge on any atom is 0.200 e. The van der Waals surface area contributed by atoms with Crippen molar-refractivity contribution in [3.8, 4) is 11.5 Å². The molecule has 0 aromatic heterocycles. The third kappa shape index (κ3) is 4.89. The Morgan fingerprint density at radius 3 is 2.22 bits per heavy atom. The number of para-hydroxylation sites is 1. The minimum atomic E-state index is -2.26. The average molecular weight is 491 g/mol. The summed E-state index contributed by atoms with van der Waals surface area (Å²) in [6.45, 7) is 0.0162. The van der Waals surface area contributed by atoms with Crippen LogP contribution in [-0.2, 0) is 6.61 Å². The topological polar surface area (TPSA) is 42.8 Å². The van der Waals surface area contributed by atoms with Gasteiger partial charge in [0, 0.05) is 21.2 Å². The SMILES string of the molecule is COc1cccc(/C=N\Nc2c(F)c(F)c(F)c(F)c2F)c1OCc1ccc(Cl)cc1Cl. The van der Waals surface area contributed by atoms with Gasteiger partial charge in [0.25, 0.3) is 0 Å². The molecule has 3 aromatic rings. The van der Waals surface area contributed by atoms with Crippen molar-refractivity contribution < 1.29 is 31.4 Å². The van der Waals surface area contributed by atoms with Crippen LogP contribution in [0.3, 0.4) is 0 Å². The number of hydrazone groups is 1. The van der Waals surface area contributed by atoms with E-state index in [1.54, 1.807) is 30.3 Å². The molecule has 0 bridgehead atoms. The van der Waals surface area contributed by atoms with Crippen LogP contribution in [0.2, 0.25) is 10.0 Å². The molecule has 0 heterocycles. The van der Waals surface area contributed by atoms with Gasteiger partial charge in [0.15, 0.2) is 34.8 Å². The van der Waals surface area contributed by atoms with E-state index in [1.165, 1.54) is 13.2 Å². The van der Waals surface area contributed by atoms with Crippen molar-refractivity contribution in [2.45, 2.75) is 6.61 Å². The van der Waals surface area contributed by atoms with Crippen LogP contribution in [0.4, 0.5) is 27.6 Å². The van der Waals surface area contributed by atoms with Crippen LogP contribution in [0.5, 0.6) is 11.5 Å². The van der Waals surface area contributed by atoms with Crippen LogP contribution >= 0.6 is 23.2 Å². The van der Waals surface area contributed by atoms with E-state index >= 15 is 0 Å². The third-order valence-electron chi connectivity index (χ3n) is 4.21. The van der Waals surface area contributed by atoms with Crippen LogP contribution < -0.4 is 14.9 Å². The minimum Gasteiger partial charge on any atom is -0.493 e. The number of hydrogen-bond donors (Lipinski definition) is 1. The lowest BCUT2D eigenvalue weighted by atomic mass is 10.2. The van der Waals surface area contributed by atoms with E-state index in [0.29, 0.717) is 21.4 Å². The highest BCUT2D eigenvalue weighted by Gasteiger charge is 2.25. The average Bonchev–Trinajstić information content (AvgIpc) is 2.78. The molecule has 11 heteroatoms. The number of nitrogens with zero attached hydrogens (tertiary/aromatic N) is 1. The van der Waals surface area contributed by atoms with E-state index in [9.17, 15) is 22.0 Å². The lowest BCUT2D eigenvalue weighted by molar-refractivity contribution is 0.284. The van der Waals surface area contributed by atoms with Gasteiger partial charge in [-0.05, 0) is 24.3 Å². The van der Waals surface area contributed by atoms with Crippen LogP contribution in [-0.4, -0.2) is 13.3 Å². The van der Waals surface area contributed by atoms with Crippen LogP contribution in [0.1, 0.15) is 11.1 Å². The Kier molecular flexibility index (Phi) is 7.42. The first-order valence-electron chi connectivity index (χ1n) is 8.78. The molecule has 3 aromatic carbocycles. The monoisotopic (exact) mass is 490 g/mol. The van der Waals surface area contributed by atoms with Crippen molar-refractivity contribution >= 4 is 35.1 Å². The van der Waals surface area contributed by atoms with Crippen molar-refractivity contribution in [1.82, 2.24) is 0 Å². The van der Waals surface area contributed by atoms with Gasteiger partial charge in [0.05, 0.1) is 13.3 Å². The molecule has 3 rings (SSSR count). The minimum absolute atomic E-state index is 0.0162. The quantitative estimate of drug-likeness (QED) is 0.131. The van der Waals surface area contributed by atoms with Crippen molar-refractivity contribution in [3.63, 3.8) is 0 Å². The Morgan fingerprint density at radius 2 is 1.59 bits per heavy atom. The fraction of sp³-hybridized carbons (Fsp3) is 0.0952. The van der Waals surface area contributed by atoms with E-state index in [2.05, 4.69) is 5.10 Å². The summed E-state index contributed by atoms with van der Waals surface area (Å²) in [5.41, 5.74) is 1.44. The summed E-state index contributed by atoms with van der Waals surface area (Å²) in [5, 5.41) is 4.39. The molecule has 0 saturated carbocycles. The highest BCUT2D eigenvalue weighted by atomic mass is 35.5. The van der Waals surface area contributed by atoms with Crippen LogP contribution in [0, 0.1) is 29.1 Å². The first-order valence-corrected chi connectivity index (χ1v) is 9.54. The van der Waals surface area contributed by atoms with Gasteiger partial charge in [-0.3, -0.25) is 5.43 Å². The molecule has 0 atom stereocenters. The van der Waals surface area contributed by atoms with Gasteiger partial charge >= 0.3 is 0 Å². The molecule has 0 spiro atoms. The summed E-state index contributed by atoms with van der Waals surface area (Å²) >= 11 is 12.0. The zero-order chi connectivity index (χ0) is 23.4. The second kappa shape index (κ2) is 10.1. The van der Waals surface area contributed by atoms with Gasteiger partial charge in [-0.25, -0.2) is 22.0 Å². The molecular weight excluding hydrogens is 478 g/mol. The van der Waals surface area contributed by atoms with Crippen molar-refractivity contribution in [2.75, 3.05) is 12.5 Å². The van der Waals surface area contributed by atoms with E-state index < -0.39 is 34.8 Å². The van der Waals surface area contributed by atoms with Gasteiger partial charge < -0.3 is 9.47 Å². The Hall–Kier alpha value is -3.04. The second-order valence-electron chi connectivity index (χ2n) is 6.22. The Bertz CT molecular complexity index is 1160. The summed E-state index contributed by atoms with van der Waals surface area (Å²) in [6.07, 6.45) is 1.07. The Labute approximate surface area is 189 Å². The summed E-state index contributed by atoms with van der Waals surface area (Å²) in [4.78, 5) is 0. The fourth-order valence-corrected chi connectivity index (χ4v) is 3.07. The van der Waals surface area contributed by atoms with Crippen LogP contribution in [0.25, 0.3) is 0 Å². The van der Waals surface area contributed by atoms with E-state index in [0.717, 1.165) is 6.21 Å². The number of rotatable bonds is 7. The Morgan fingerprint density at radius 1 is 0.938 bits per heavy atom. The summed E-state index contributed by atoms with van der Waals surface area (Å²) in [5.74, 6) is -10.0. The number of nitrogens with one attached hydrogen (secondary N) is 1. The van der Waals surface area contributed by atoms with Gasteiger partial charge in [-0.2, -0.15) is 5.10 Å². The van der Waals surface area contributed by atoms with Crippen molar-refractivity contribution in [1.29, 1.82) is 0 Å². The van der Waals surface area contributed by atoms with E-state index in [4.69, 9.17) is 32.7 Å². The zero-order valence-corrected chi connectivity index (χ0v) is 17.7. The number of methoxy groups -OCH3 is 1. The second-order valence-corrected chi connectivity index (χ2v) is 7.06.